The van der Waals surface area contributed by atoms with Gasteiger partial charge < -0.3 is 10.3 Å². The van der Waals surface area contributed by atoms with Crippen molar-refractivity contribution in [2.24, 2.45) is 10.9 Å². The van der Waals surface area contributed by atoms with Gasteiger partial charge in [0.05, 0.1) is 0 Å². The highest BCUT2D eigenvalue weighted by atomic mass is 32.2. The first-order chi connectivity index (χ1) is 13.6. The number of hydrogen-bond donors (Lipinski definition) is 2. The van der Waals surface area contributed by atoms with Crippen LogP contribution in [0.1, 0.15) is 82.5 Å². The normalized spacial score (nSPS) is 18.7. The summed E-state index contributed by atoms with van der Waals surface area (Å²) < 4.78 is 0. The van der Waals surface area contributed by atoms with Crippen LogP contribution in [0.3, 0.4) is 0 Å². The first-order valence-electron chi connectivity index (χ1n) is 11.0. The number of aromatic amines is 1. The van der Waals surface area contributed by atoms with Crippen molar-refractivity contribution in [1.82, 2.24) is 10.3 Å². The lowest BCUT2D eigenvalue weighted by molar-refractivity contribution is 0.479. The van der Waals surface area contributed by atoms with E-state index in [1.807, 2.05) is 18.0 Å². The highest BCUT2D eigenvalue weighted by Crippen LogP contribution is 2.32. The number of thioether (sulfide) groups is 1. The van der Waals surface area contributed by atoms with Crippen molar-refractivity contribution in [3.63, 3.8) is 0 Å². The first kappa shape index (κ1) is 23.0. The van der Waals surface area contributed by atoms with Gasteiger partial charge in [-0.05, 0) is 55.0 Å². The number of nitrogens with zero attached hydrogens (tertiary/aromatic N) is 1. The monoisotopic (exact) mass is 401 g/mol. The molecule has 1 heterocycles. The lowest BCUT2D eigenvalue weighted by atomic mass is 9.87. The number of aliphatic imine (C=N–C) groups is 1. The van der Waals surface area contributed by atoms with Crippen molar-refractivity contribution >= 4 is 24.6 Å². The zero-order valence-corrected chi connectivity index (χ0v) is 19.1. The van der Waals surface area contributed by atoms with Gasteiger partial charge in [0, 0.05) is 41.3 Å². The average molecular weight is 402 g/mol. The Balaban J connectivity index is 2.01. The molecule has 0 saturated heterocycles. The van der Waals surface area contributed by atoms with E-state index in [1.54, 1.807) is 0 Å². The number of unbranched alkanes of at least 4 members (excludes halogenated alkanes) is 1. The summed E-state index contributed by atoms with van der Waals surface area (Å²) in [7, 11) is 0. The highest BCUT2D eigenvalue weighted by Gasteiger charge is 2.21. The zero-order valence-electron chi connectivity index (χ0n) is 18.3. The van der Waals surface area contributed by atoms with Crippen LogP contribution in [0.4, 0.5) is 0 Å². The smallest absolute Gasteiger partial charge is 0.0415 e. The van der Waals surface area contributed by atoms with Gasteiger partial charge in [-0.25, -0.2) is 0 Å². The molecule has 3 unspecified atom stereocenters. The Labute approximate surface area is 176 Å². The molecule has 0 radical (unpaired) electrons. The van der Waals surface area contributed by atoms with Crippen LogP contribution in [0.5, 0.6) is 0 Å². The Morgan fingerprint density at radius 1 is 1.46 bits per heavy atom. The van der Waals surface area contributed by atoms with Crippen molar-refractivity contribution in [3.8, 4) is 0 Å². The topological polar surface area (TPSA) is 40.2 Å². The molecule has 0 saturated carbocycles. The molecule has 28 heavy (non-hydrogen) atoms. The second kappa shape index (κ2) is 12.3. The van der Waals surface area contributed by atoms with Crippen LogP contribution in [-0.4, -0.2) is 30.0 Å². The third kappa shape index (κ3) is 6.97. The molecule has 0 bridgehead atoms. The minimum absolute atomic E-state index is 0.496. The van der Waals surface area contributed by atoms with Gasteiger partial charge in [0.25, 0.3) is 0 Å². The van der Waals surface area contributed by atoms with Gasteiger partial charge in [-0.15, -0.1) is 11.8 Å². The maximum atomic E-state index is 4.04. The van der Waals surface area contributed by atoms with E-state index in [0.717, 1.165) is 31.1 Å². The molecule has 1 aromatic rings. The Kier molecular flexibility index (Phi) is 10.1. The standard InChI is InChI=1S/C24H39N3S/c1-6-8-11-21(26-16-22(15-25-5)28-17-18(3)7-2)13-20-14-27-23-12-9-10-19(4)24(20)23/h9,12,14-15,18-19,21,26-27H,5-8,10-11,13,16-17H2,1-4H3/b22-15-. The summed E-state index contributed by atoms with van der Waals surface area (Å²) in [6.07, 6.45) is 15.9. The third-order valence-corrected chi connectivity index (χ3v) is 7.08. The molecule has 3 atom stereocenters. The van der Waals surface area contributed by atoms with Crippen molar-refractivity contribution in [2.45, 2.75) is 78.2 Å². The number of rotatable bonds is 13. The summed E-state index contributed by atoms with van der Waals surface area (Å²) in [5, 5.41) is 3.83. The molecule has 3 nitrogen and oxygen atoms in total. The summed E-state index contributed by atoms with van der Waals surface area (Å²) in [5.41, 5.74) is 4.32. The molecule has 156 valence electrons. The molecule has 0 spiro atoms. The van der Waals surface area contributed by atoms with E-state index in [1.165, 1.54) is 47.4 Å². The SMILES string of the molecule is C=N/C=C(/CNC(CCCC)Cc1c[nH]c2c1C(C)CC=C2)SCC(C)CC. The van der Waals surface area contributed by atoms with E-state index in [4.69, 9.17) is 0 Å². The molecule has 1 aliphatic carbocycles. The van der Waals surface area contributed by atoms with E-state index in [9.17, 15) is 0 Å². The summed E-state index contributed by atoms with van der Waals surface area (Å²) in [6, 6.07) is 0.496. The third-order valence-electron chi connectivity index (χ3n) is 5.73. The van der Waals surface area contributed by atoms with Crippen LogP contribution in [0.25, 0.3) is 6.08 Å². The number of nitrogens with one attached hydrogen (secondary N) is 2. The van der Waals surface area contributed by atoms with Crippen molar-refractivity contribution in [2.75, 3.05) is 12.3 Å². The molecule has 0 amide bonds. The van der Waals surface area contributed by atoms with E-state index >= 15 is 0 Å². The van der Waals surface area contributed by atoms with Crippen LogP contribution >= 0.6 is 11.8 Å². The summed E-state index contributed by atoms with van der Waals surface area (Å²) in [5.74, 6) is 2.49. The number of aromatic nitrogens is 1. The van der Waals surface area contributed by atoms with Crippen LogP contribution in [0, 0.1) is 5.92 Å². The predicted molar refractivity (Wildman–Crippen MR) is 127 cm³/mol. The summed E-state index contributed by atoms with van der Waals surface area (Å²) >= 11 is 1.93. The van der Waals surface area contributed by atoms with Crippen LogP contribution in [0.2, 0.25) is 0 Å². The zero-order chi connectivity index (χ0) is 20.4. The van der Waals surface area contributed by atoms with E-state index in [0.29, 0.717) is 12.0 Å². The van der Waals surface area contributed by atoms with Gasteiger partial charge >= 0.3 is 0 Å². The van der Waals surface area contributed by atoms with Gasteiger partial charge in [-0.1, -0.05) is 53.0 Å². The highest BCUT2D eigenvalue weighted by molar-refractivity contribution is 8.03. The van der Waals surface area contributed by atoms with Crippen molar-refractivity contribution in [1.29, 1.82) is 0 Å². The molecule has 2 rings (SSSR count). The van der Waals surface area contributed by atoms with Crippen molar-refractivity contribution < 1.29 is 0 Å². The molecular weight excluding hydrogens is 362 g/mol. The van der Waals surface area contributed by atoms with E-state index in [-0.39, 0.29) is 0 Å². The van der Waals surface area contributed by atoms with Crippen LogP contribution in [-0.2, 0) is 6.42 Å². The maximum absolute atomic E-state index is 4.04. The van der Waals surface area contributed by atoms with Gasteiger partial charge in [0.1, 0.15) is 0 Å². The van der Waals surface area contributed by atoms with Gasteiger partial charge in [-0.3, -0.25) is 4.99 Å². The number of allylic oxidation sites excluding steroid dienone is 1. The fourth-order valence-corrected chi connectivity index (χ4v) is 4.80. The lowest BCUT2D eigenvalue weighted by Gasteiger charge is -2.22. The molecule has 1 aromatic heterocycles. The maximum Gasteiger partial charge on any atom is 0.0415 e. The number of H-pyrrole nitrogens is 1. The molecule has 0 fully saturated rings. The van der Waals surface area contributed by atoms with Gasteiger partial charge in [-0.2, -0.15) is 0 Å². The number of fused-ring (bicyclic) bond motifs is 1. The minimum atomic E-state index is 0.496. The van der Waals surface area contributed by atoms with E-state index in [2.05, 4.69) is 68.1 Å². The van der Waals surface area contributed by atoms with E-state index < -0.39 is 0 Å². The van der Waals surface area contributed by atoms with Gasteiger partial charge in [0.2, 0.25) is 0 Å². The minimum Gasteiger partial charge on any atom is -0.361 e. The van der Waals surface area contributed by atoms with Crippen LogP contribution < -0.4 is 5.32 Å². The average Bonchev–Trinajstić information content (AvgIpc) is 3.11. The fourth-order valence-electron chi connectivity index (χ4n) is 3.73. The molecule has 0 aliphatic heterocycles. The quantitative estimate of drug-likeness (QED) is 0.368. The summed E-state index contributed by atoms with van der Waals surface area (Å²) in [4.78, 5) is 8.82. The molecule has 1 aliphatic rings. The Bertz CT molecular complexity index is 659. The molecular formula is C24H39N3S. The Morgan fingerprint density at radius 2 is 2.29 bits per heavy atom. The van der Waals surface area contributed by atoms with Crippen molar-refractivity contribution in [3.05, 3.63) is 40.2 Å². The van der Waals surface area contributed by atoms with Gasteiger partial charge in [0.15, 0.2) is 0 Å². The lowest BCUT2D eigenvalue weighted by Crippen LogP contribution is -2.32. The second-order valence-corrected chi connectivity index (χ2v) is 9.35. The largest absolute Gasteiger partial charge is 0.361 e. The predicted octanol–water partition coefficient (Wildman–Crippen LogP) is 6.55. The number of hydrogen-bond acceptors (Lipinski definition) is 3. The molecule has 2 N–H and O–H groups in total. The first-order valence-corrected chi connectivity index (χ1v) is 11.9. The fraction of sp³-hybridized carbons (Fsp3) is 0.625. The molecule has 4 heteroatoms. The second-order valence-electron chi connectivity index (χ2n) is 8.21. The summed E-state index contributed by atoms with van der Waals surface area (Å²) in [6.45, 7) is 13.7. The Morgan fingerprint density at radius 3 is 3.00 bits per heavy atom. The Hall–Kier alpha value is -1.26. The molecule has 0 aromatic carbocycles. The van der Waals surface area contributed by atoms with Crippen LogP contribution in [0.15, 0.2) is 28.4 Å².